The normalized spacial score (nSPS) is 9.62. The van der Waals surface area contributed by atoms with Gasteiger partial charge in [-0.3, -0.25) is 9.89 Å². The van der Waals surface area contributed by atoms with Crippen molar-refractivity contribution in [2.45, 2.75) is 13.3 Å². The number of aryl methyl sites for hydroxylation is 1. The molecular weight excluding hydrogens is 168 g/mol. The zero-order chi connectivity index (χ0) is 9.68. The lowest BCUT2D eigenvalue weighted by molar-refractivity contribution is 0.0948. The Kier molecular flexibility index (Phi) is 3.19. The molecule has 0 aromatic carbocycles. The number of nitrogens with zero attached hydrogens (tertiary/aromatic N) is 2. The van der Waals surface area contributed by atoms with E-state index in [0.29, 0.717) is 12.4 Å². The zero-order valence-electron chi connectivity index (χ0n) is 7.50. The van der Waals surface area contributed by atoms with Gasteiger partial charge >= 0.3 is 0 Å². The highest BCUT2D eigenvalue weighted by Gasteiger charge is 2.09. The van der Waals surface area contributed by atoms with Gasteiger partial charge < -0.3 is 5.32 Å². The van der Waals surface area contributed by atoms with E-state index in [-0.39, 0.29) is 11.7 Å². The second kappa shape index (κ2) is 4.39. The molecule has 1 heterocycles. The fourth-order valence-corrected chi connectivity index (χ4v) is 0.799. The van der Waals surface area contributed by atoms with Crippen LogP contribution in [0.2, 0.25) is 0 Å². The van der Waals surface area contributed by atoms with E-state index in [1.807, 2.05) is 6.92 Å². The van der Waals surface area contributed by atoms with Gasteiger partial charge in [0.1, 0.15) is 5.82 Å². The summed E-state index contributed by atoms with van der Waals surface area (Å²) < 4.78 is 0. The quantitative estimate of drug-likeness (QED) is 0.654. The van der Waals surface area contributed by atoms with Crippen LogP contribution in [0.1, 0.15) is 23.4 Å². The first kappa shape index (κ1) is 9.44. The minimum Gasteiger partial charge on any atom is -0.346 e. The molecule has 0 spiro atoms. The van der Waals surface area contributed by atoms with Crippen LogP contribution in [0.15, 0.2) is 12.7 Å². The summed E-state index contributed by atoms with van der Waals surface area (Å²) >= 11 is 0. The van der Waals surface area contributed by atoms with Gasteiger partial charge in [0.25, 0.3) is 5.91 Å². The molecule has 5 heteroatoms. The fraction of sp³-hybridized carbons (Fsp3) is 0.375. The highest BCUT2D eigenvalue weighted by atomic mass is 16.2. The van der Waals surface area contributed by atoms with Crippen molar-refractivity contribution in [2.24, 2.45) is 0 Å². The third kappa shape index (κ3) is 2.40. The summed E-state index contributed by atoms with van der Waals surface area (Å²) in [6.07, 6.45) is 2.34. The summed E-state index contributed by atoms with van der Waals surface area (Å²) in [6.45, 7) is 5.85. The maximum Gasteiger partial charge on any atom is 0.291 e. The Bertz CT molecular complexity index is 305. The van der Waals surface area contributed by atoms with Gasteiger partial charge in [0.05, 0.1) is 0 Å². The second-order valence-corrected chi connectivity index (χ2v) is 2.46. The van der Waals surface area contributed by atoms with Crippen molar-refractivity contribution >= 4 is 5.91 Å². The third-order valence-electron chi connectivity index (χ3n) is 1.48. The molecule has 5 nitrogen and oxygen atoms in total. The Balaban J connectivity index is 2.60. The smallest absolute Gasteiger partial charge is 0.291 e. The van der Waals surface area contributed by atoms with E-state index in [1.54, 1.807) is 6.08 Å². The highest BCUT2D eigenvalue weighted by Crippen LogP contribution is 1.92. The van der Waals surface area contributed by atoms with Gasteiger partial charge in [0.2, 0.25) is 5.82 Å². The van der Waals surface area contributed by atoms with Gasteiger partial charge in [-0.15, -0.1) is 11.7 Å². The minimum atomic E-state index is -0.282. The van der Waals surface area contributed by atoms with Crippen LogP contribution in [0.25, 0.3) is 0 Å². The lowest BCUT2D eigenvalue weighted by Crippen LogP contribution is -2.24. The molecule has 0 bridgehead atoms. The molecule has 0 aliphatic carbocycles. The molecule has 70 valence electrons. The summed E-state index contributed by atoms with van der Waals surface area (Å²) in [6, 6.07) is 0. The van der Waals surface area contributed by atoms with Crippen LogP contribution in [0.5, 0.6) is 0 Å². The molecule has 13 heavy (non-hydrogen) atoms. The van der Waals surface area contributed by atoms with Crippen LogP contribution in [0.4, 0.5) is 0 Å². The Morgan fingerprint density at radius 2 is 2.54 bits per heavy atom. The maximum absolute atomic E-state index is 11.2. The van der Waals surface area contributed by atoms with Crippen LogP contribution < -0.4 is 5.32 Å². The Labute approximate surface area is 76.3 Å². The molecule has 1 aromatic heterocycles. The Morgan fingerprint density at radius 1 is 1.77 bits per heavy atom. The molecule has 1 amide bonds. The minimum absolute atomic E-state index is 0.179. The SMILES string of the molecule is C=CCNC(=O)c1n[nH]c(CC)n1. The number of rotatable bonds is 4. The number of H-pyrrole nitrogens is 1. The van der Waals surface area contributed by atoms with Gasteiger partial charge in [-0.2, -0.15) is 0 Å². The van der Waals surface area contributed by atoms with Gasteiger partial charge in [-0.05, 0) is 0 Å². The first-order chi connectivity index (χ1) is 6.27. The molecule has 0 saturated heterocycles. The van der Waals surface area contributed by atoms with Crippen LogP contribution in [0.3, 0.4) is 0 Å². The fourth-order valence-electron chi connectivity index (χ4n) is 0.799. The summed E-state index contributed by atoms with van der Waals surface area (Å²) in [5, 5.41) is 9.01. The number of aromatic nitrogens is 3. The average Bonchev–Trinajstić information content (AvgIpc) is 2.62. The Hall–Kier alpha value is -1.65. The van der Waals surface area contributed by atoms with Crippen molar-refractivity contribution in [3.05, 3.63) is 24.3 Å². The summed E-state index contributed by atoms with van der Waals surface area (Å²) in [4.78, 5) is 15.2. The zero-order valence-corrected chi connectivity index (χ0v) is 7.50. The number of hydrogen-bond acceptors (Lipinski definition) is 3. The summed E-state index contributed by atoms with van der Waals surface area (Å²) in [5.41, 5.74) is 0. The van der Waals surface area contributed by atoms with Crippen molar-refractivity contribution < 1.29 is 4.79 Å². The van der Waals surface area contributed by atoms with E-state index in [4.69, 9.17) is 0 Å². The molecule has 1 rings (SSSR count). The summed E-state index contributed by atoms with van der Waals surface area (Å²) in [5.74, 6) is 0.610. The topological polar surface area (TPSA) is 70.7 Å². The number of nitrogens with one attached hydrogen (secondary N) is 2. The maximum atomic E-state index is 11.2. The molecule has 0 fully saturated rings. The van der Waals surface area contributed by atoms with Gasteiger partial charge in [-0.1, -0.05) is 13.0 Å². The van der Waals surface area contributed by atoms with E-state index >= 15 is 0 Å². The number of carbonyl (C=O) groups is 1. The Morgan fingerprint density at radius 3 is 3.08 bits per heavy atom. The largest absolute Gasteiger partial charge is 0.346 e. The lowest BCUT2D eigenvalue weighted by Gasteiger charge is -1.95. The first-order valence-electron chi connectivity index (χ1n) is 4.08. The number of amides is 1. The molecule has 0 aliphatic rings. The second-order valence-electron chi connectivity index (χ2n) is 2.46. The average molecular weight is 180 g/mol. The van der Waals surface area contributed by atoms with Gasteiger partial charge in [-0.25, -0.2) is 4.98 Å². The molecule has 0 aliphatic heterocycles. The van der Waals surface area contributed by atoms with Crippen molar-refractivity contribution in [1.82, 2.24) is 20.5 Å². The molecule has 0 atom stereocenters. The summed E-state index contributed by atoms with van der Waals surface area (Å²) in [7, 11) is 0. The highest BCUT2D eigenvalue weighted by molar-refractivity contribution is 5.90. The number of hydrogen-bond donors (Lipinski definition) is 2. The van der Waals surface area contributed by atoms with Crippen LogP contribution in [-0.2, 0) is 6.42 Å². The van der Waals surface area contributed by atoms with Gasteiger partial charge in [0.15, 0.2) is 0 Å². The van der Waals surface area contributed by atoms with E-state index in [2.05, 4.69) is 27.1 Å². The first-order valence-corrected chi connectivity index (χ1v) is 4.08. The molecule has 1 aromatic rings. The van der Waals surface area contributed by atoms with E-state index in [1.165, 1.54) is 0 Å². The van der Waals surface area contributed by atoms with Crippen molar-refractivity contribution in [3.8, 4) is 0 Å². The molecular formula is C8H12N4O. The van der Waals surface area contributed by atoms with Crippen molar-refractivity contribution in [3.63, 3.8) is 0 Å². The molecule has 0 saturated carbocycles. The standard InChI is InChI=1S/C8H12N4O/c1-3-5-9-8(13)7-10-6(4-2)11-12-7/h3H,1,4-5H2,2H3,(H,9,13)(H,10,11,12). The van der Waals surface area contributed by atoms with Gasteiger partial charge in [0, 0.05) is 13.0 Å². The van der Waals surface area contributed by atoms with E-state index in [9.17, 15) is 4.79 Å². The van der Waals surface area contributed by atoms with Crippen molar-refractivity contribution in [1.29, 1.82) is 0 Å². The number of aromatic amines is 1. The monoisotopic (exact) mass is 180 g/mol. The molecule has 2 N–H and O–H groups in total. The van der Waals surface area contributed by atoms with E-state index in [0.717, 1.165) is 6.42 Å². The lowest BCUT2D eigenvalue weighted by atomic mass is 10.4. The predicted molar refractivity (Wildman–Crippen MR) is 48.3 cm³/mol. The predicted octanol–water partition coefficient (Wildman–Crippen LogP) is 0.283. The number of carbonyl (C=O) groups excluding carboxylic acids is 1. The van der Waals surface area contributed by atoms with Crippen LogP contribution in [0, 0.1) is 0 Å². The third-order valence-corrected chi connectivity index (χ3v) is 1.48. The molecule has 0 unspecified atom stereocenters. The van der Waals surface area contributed by atoms with Crippen LogP contribution in [-0.4, -0.2) is 27.6 Å². The van der Waals surface area contributed by atoms with Crippen LogP contribution >= 0.6 is 0 Å². The van der Waals surface area contributed by atoms with Crippen molar-refractivity contribution in [2.75, 3.05) is 6.54 Å². The van der Waals surface area contributed by atoms with E-state index < -0.39 is 0 Å². The molecule has 0 radical (unpaired) electrons.